The van der Waals surface area contributed by atoms with Crippen LogP contribution in [0.4, 0.5) is 13.2 Å². The van der Waals surface area contributed by atoms with Crippen LogP contribution in [0.1, 0.15) is 28.8 Å². The summed E-state index contributed by atoms with van der Waals surface area (Å²) < 4.78 is 38.6. The van der Waals surface area contributed by atoms with Gasteiger partial charge in [-0.1, -0.05) is 12.1 Å². The van der Waals surface area contributed by atoms with E-state index >= 15 is 0 Å². The molecular weight excluding hydrogens is 313 g/mol. The van der Waals surface area contributed by atoms with Gasteiger partial charge >= 0.3 is 6.18 Å². The van der Waals surface area contributed by atoms with E-state index in [0.29, 0.717) is 19.4 Å². The van der Waals surface area contributed by atoms with E-state index in [1.165, 1.54) is 17.0 Å². The second-order valence-corrected chi connectivity index (χ2v) is 5.36. The molecule has 1 aromatic rings. The number of rotatable bonds is 3. The predicted molar refractivity (Wildman–Crippen MR) is 75.6 cm³/mol. The number of hydrogen-bond acceptors (Lipinski definition) is 3. The summed E-state index contributed by atoms with van der Waals surface area (Å²) in [6.07, 6.45) is -3.99. The van der Waals surface area contributed by atoms with E-state index in [9.17, 15) is 27.9 Å². The average molecular weight is 330 g/mol. The molecule has 1 fully saturated rings. The maximum Gasteiger partial charge on any atom is 0.417 e. The zero-order chi connectivity index (χ0) is 17.0. The fourth-order valence-electron chi connectivity index (χ4n) is 2.47. The minimum absolute atomic E-state index is 0.174. The van der Waals surface area contributed by atoms with Gasteiger partial charge in [0, 0.05) is 13.1 Å². The van der Waals surface area contributed by atoms with Crippen LogP contribution < -0.4 is 5.32 Å². The molecule has 126 valence electrons. The number of nitrogens with zero attached hydrogens (tertiary/aromatic N) is 1. The highest BCUT2D eigenvalue weighted by Gasteiger charge is 2.35. The van der Waals surface area contributed by atoms with Crippen LogP contribution in [-0.4, -0.2) is 47.6 Å². The fraction of sp³-hybridized carbons (Fsp3) is 0.467. The molecule has 5 nitrogen and oxygen atoms in total. The van der Waals surface area contributed by atoms with E-state index in [4.69, 9.17) is 0 Å². The van der Waals surface area contributed by atoms with Gasteiger partial charge in [-0.15, -0.1) is 0 Å². The third-order valence-corrected chi connectivity index (χ3v) is 3.63. The van der Waals surface area contributed by atoms with Crippen LogP contribution >= 0.6 is 0 Å². The number of aliphatic hydroxyl groups is 1. The van der Waals surface area contributed by atoms with Gasteiger partial charge in [0.1, 0.15) is 0 Å². The Morgan fingerprint density at radius 1 is 1.30 bits per heavy atom. The fourth-order valence-corrected chi connectivity index (χ4v) is 2.47. The molecular formula is C15H17F3N2O3. The minimum atomic E-state index is -4.64. The SMILES string of the molecule is O=C(NCC(=O)N1CCCC(O)C1)c1ccccc1C(F)(F)F. The van der Waals surface area contributed by atoms with Crippen LogP contribution in [0.25, 0.3) is 0 Å². The quantitative estimate of drug-likeness (QED) is 0.881. The molecule has 0 bridgehead atoms. The number of carbonyl (C=O) groups is 2. The molecule has 2 amide bonds. The third kappa shape index (κ3) is 4.44. The maximum atomic E-state index is 12.9. The number of aliphatic hydroxyl groups excluding tert-OH is 1. The van der Waals surface area contributed by atoms with Crippen molar-refractivity contribution in [3.63, 3.8) is 0 Å². The summed E-state index contributed by atoms with van der Waals surface area (Å²) >= 11 is 0. The molecule has 1 heterocycles. The lowest BCUT2D eigenvalue weighted by atomic mass is 10.1. The van der Waals surface area contributed by atoms with E-state index in [0.717, 1.165) is 12.1 Å². The molecule has 0 aromatic heterocycles. The average Bonchev–Trinajstić information content (AvgIpc) is 2.51. The Morgan fingerprint density at radius 3 is 2.65 bits per heavy atom. The molecule has 1 saturated heterocycles. The van der Waals surface area contributed by atoms with E-state index in [1.54, 1.807) is 0 Å². The summed E-state index contributed by atoms with van der Waals surface area (Å²) in [4.78, 5) is 25.3. The zero-order valence-corrected chi connectivity index (χ0v) is 12.3. The van der Waals surface area contributed by atoms with Crippen molar-refractivity contribution >= 4 is 11.8 Å². The Labute approximate surface area is 131 Å². The Kier molecular flexibility index (Phi) is 5.25. The van der Waals surface area contributed by atoms with Gasteiger partial charge in [0.25, 0.3) is 5.91 Å². The van der Waals surface area contributed by atoms with Crippen molar-refractivity contribution in [1.82, 2.24) is 10.2 Å². The molecule has 0 radical (unpaired) electrons. The first kappa shape index (κ1) is 17.3. The number of β-amino-alcohol motifs (C(OH)–C–C–N with tert-alkyl or cyclic N) is 1. The number of piperidine rings is 1. The Hall–Kier alpha value is -2.09. The first-order valence-electron chi connectivity index (χ1n) is 7.19. The molecule has 0 saturated carbocycles. The topological polar surface area (TPSA) is 69.6 Å². The first-order chi connectivity index (χ1) is 10.8. The van der Waals surface area contributed by atoms with Gasteiger partial charge in [-0.3, -0.25) is 9.59 Å². The van der Waals surface area contributed by atoms with Gasteiger partial charge in [0.15, 0.2) is 0 Å². The normalized spacial score (nSPS) is 18.6. The zero-order valence-electron chi connectivity index (χ0n) is 12.3. The summed E-state index contributed by atoms with van der Waals surface area (Å²) in [7, 11) is 0. The first-order valence-corrected chi connectivity index (χ1v) is 7.19. The van der Waals surface area contributed by atoms with E-state index in [2.05, 4.69) is 5.32 Å². The lowest BCUT2D eigenvalue weighted by molar-refractivity contribution is -0.137. The number of carbonyl (C=O) groups excluding carboxylic acids is 2. The van der Waals surface area contributed by atoms with Crippen molar-refractivity contribution < 1.29 is 27.9 Å². The van der Waals surface area contributed by atoms with Gasteiger partial charge < -0.3 is 15.3 Å². The molecule has 1 unspecified atom stereocenters. The summed E-state index contributed by atoms with van der Waals surface area (Å²) in [6, 6.07) is 4.40. The van der Waals surface area contributed by atoms with Crippen LogP contribution in [0.15, 0.2) is 24.3 Å². The van der Waals surface area contributed by atoms with Gasteiger partial charge in [-0.2, -0.15) is 13.2 Å². The number of amides is 2. The van der Waals surface area contributed by atoms with Gasteiger partial charge in [0.05, 0.1) is 23.8 Å². The van der Waals surface area contributed by atoms with Crippen molar-refractivity contribution in [3.05, 3.63) is 35.4 Å². The molecule has 1 aliphatic heterocycles. The number of halogens is 3. The number of benzene rings is 1. The summed E-state index contributed by atoms with van der Waals surface area (Å²) in [5.41, 5.74) is -1.56. The Bertz CT molecular complexity index is 590. The van der Waals surface area contributed by atoms with E-state index < -0.39 is 41.8 Å². The smallest absolute Gasteiger partial charge is 0.391 e. The van der Waals surface area contributed by atoms with Gasteiger partial charge in [-0.25, -0.2) is 0 Å². The molecule has 2 rings (SSSR count). The highest BCUT2D eigenvalue weighted by Crippen LogP contribution is 2.31. The van der Waals surface area contributed by atoms with Crippen LogP contribution in [0, 0.1) is 0 Å². The molecule has 23 heavy (non-hydrogen) atoms. The standard InChI is InChI=1S/C15H17F3N2O3/c16-15(17,18)12-6-2-1-5-11(12)14(23)19-8-13(22)20-7-3-4-10(21)9-20/h1-2,5-6,10,21H,3-4,7-9H2,(H,19,23). The minimum Gasteiger partial charge on any atom is -0.391 e. The summed E-state index contributed by atoms with van der Waals surface area (Å²) in [5, 5.41) is 11.7. The van der Waals surface area contributed by atoms with Crippen molar-refractivity contribution in [2.24, 2.45) is 0 Å². The predicted octanol–water partition coefficient (Wildman–Crippen LogP) is 1.42. The van der Waals surface area contributed by atoms with Crippen LogP contribution in [0.5, 0.6) is 0 Å². The molecule has 0 aliphatic carbocycles. The van der Waals surface area contributed by atoms with Crippen LogP contribution in [-0.2, 0) is 11.0 Å². The Morgan fingerprint density at radius 2 is 2.00 bits per heavy atom. The van der Waals surface area contributed by atoms with Crippen LogP contribution in [0.2, 0.25) is 0 Å². The highest BCUT2D eigenvalue weighted by molar-refractivity contribution is 5.97. The number of likely N-dealkylation sites (tertiary alicyclic amines) is 1. The summed E-state index contributed by atoms with van der Waals surface area (Å²) in [5.74, 6) is -1.38. The second kappa shape index (κ2) is 6.99. The lowest BCUT2D eigenvalue weighted by Gasteiger charge is -2.30. The second-order valence-electron chi connectivity index (χ2n) is 5.36. The third-order valence-electron chi connectivity index (χ3n) is 3.63. The van der Waals surface area contributed by atoms with Gasteiger partial charge in [-0.05, 0) is 25.0 Å². The largest absolute Gasteiger partial charge is 0.417 e. The van der Waals surface area contributed by atoms with Crippen molar-refractivity contribution in [3.8, 4) is 0 Å². The van der Waals surface area contributed by atoms with Crippen molar-refractivity contribution in [2.45, 2.75) is 25.1 Å². The molecule has 2 N–H and O–H groups in total. The van der Waals surface area contributed by atoms with E-state index in [1.807, 2.05) is 0 Å². The van der Waals surface area contributed by atoms with Gasteiger partial charge in [0.2, 0.25) is 5.91 Å². The Balaban J connectivity index is 1.99. The molecule has 1 aromatic carbocycles. The highest BCUT2D eigenvalue weighted by atomic mass is 19.4. The number of alkyl halides is 3. The van der Waals surface area contributed by atoms with E-state index in [-0.39, 0.29) is 6.54 Å². The number of nitrogens with one attached hydrogen (secondary N) is 1. The molecule has 0 spiro atoms. The van der Waals surface area contributed by atoms with Crippen LogP contribution in [0.3, 0.4) is 0 Å². The maximum absolute atomic E-state index is 12.9. The monoisotopic (exact) mass is 330 g/mol. The van der Waals surface area contributed by atoms with Crippen molar-refractivity contribution in [1.29, 1.82) is 0 Å². The lowest BCUT2D eigenvalue weighted by Crippen LogP contribution is -2.46. The van der Waals surface area contributed by atoms with Crippen molar-refractivity contribution in [2.75, 3.05) is 19.6 Å². The number of hydrogen-bond donors (Lipinski definition) is 2. The molecule has 8 heteroatoms. The summed E-state index contributed by atoms with van der Waals surface area (Å²) in [6.45, 7) is 0.233. The molecule has 1 atom stereocenters. The molecule has 1 aliphatic rings.